The van der Waals surface area contributed by atoms with Crippen LogP contribution in [-0.2, 0) is 11.3 Å². The van der Waals surface area contributed by atoms with Crippen LogP contribution >= 0.6 is 0 Å². The molecule has 0 saturated heterocycles. The van der Waals surface area contributed by atoms with Crippen LogP contribution in [0.15, 0.2) is 24.3 Å². The fourth-order valence-corrected chi connectivity index (χ4v) is 1.40. The number of nitrogens with two attached hydrogens (primary N) is 1. The number of carbonyl (C=O) groups is 1. The molecule has 0 aliphatic carbocycles. The summed E-state index contributed by atoms with van der Waals surface area (Å²) in [5.41, 5.74) is 6.53. The van der Waals surface area contributed by atoms with Gasteiger partial charge in [-0.3, -0.25) is 4.79 Å². The van der Waals surface area contributed by atoms with Gasteiger partial charge in [-0.05, 0) is 31.0 Å². The predicted octanol–water partition coefficient (Wildman–Crippen LogP) is 1.44. The lowest BCUT2D eigenvalue weighted by Gasteiger charge is -2.14. The molecule has 1 amide bonds. The SMILES string of the molecule is CCCNC(=O)C(C)Oc1cccc(CN)c1. The van der Waals surface area contributed by atoms with E-state index in [1.54, 1.807) is 6.92 Å². The summed E-state index contributed by atoms with van der Waals surface area (Å²) in [6.45, 7) is 4.89. The van der Waals surface area contributed by atoms with Crippen LogP contribution in [0.2, 0.25) is 0 Å². The molecule has 1 rings (SSSR count). The van der Waals surface area contributed by atoms with E-state index in [0.29, 0.717) is 18.8 Å². The van der Waals surface area contributed by atoms with Gasteiger partial charge in [-0.25, -0.2) is 0 Å². The zero-order chi connectivity index (χ0) is 12.7. The van der Waals surface area contributed by atoms with Crippen LogP contribution in [0.1, 0.15) is 25.8 Å². The van der Waals surface area contributed by atoms with Crippen molar-refractivity contribution < 1.29 is 9.53 Å². The number of hydrogen-bond acceptors (Lipinski definition) is 3. The third-order valence-corrected chi connectivity index (χ3v) is 2.37. The van der Waals surface area contributed by atoms with E-state index < -0.39 is 6.10 Å². The van der Waals surface area contributed by atoms with Crippen molar-refractivity contribution in [2.75, 3.05) is 6.54 Å². The molecule has 0 aliphatic rings. The summed E-state index contributed by atoms with van der Waals surface area (Å²) in [4.78, 5) is 11.6. The number of nitrogens with one attached hydrogen (secondary N) is 1. The van der Waals surface area contributed by atoms with Crippen molar-refractivity contribution in [3.05, 3.63) is 29.8 Å². The highest BCUT2D eigenvalue weighted by Crippen LogP contribution is 2.14. The Hall–Kier alpha value is -1.55. The van der Waals surface area contributed by atoms with Crippen LogP contribution in [0.5, 0.6) is 5.75 Å². The number of carbonyl (C=O) groups excluding carboxylic acids is 1. The summed E-state index contributed by atoms with van der Waals surface area (Å²) < 4.78 is 5.55. The third kappa shape index (κ3) is 4.44. The average molecular weight is 236 g/mol. The zero-order valence-electron chi connectivity index (χ0n) is 10.4. The van der Waals surface area contributed by atoms with Gasteiger partial charge in [-0.15, -0.1) is 0 Å². The molecule has 4 nitrogen and oxygen atoms in total. The molecule has 1 aromatic carbocycles. The Morgan fingerprint density at radius 1 is 1.53 bits per heavy atom. The molecule has 0 bridgehead atoms. The highest BCUT2D eigenvalue weighted by atomic mass is 16.5. The van der Waals surface area contributed by atoms with Gasteiger partial charge in [-0.2, -0.15) is 0 Å². The molecule has 3 N–H and O–H groups in total. The van der Waals surface area contributed by atoms with Gasteiger partial charge in [0, 0.05) is 13.1 Å². The van der Waals surface area contributed by atoms with E-state index >= 15 is 0 Å². The zero-order valence-corrected chi connectivity index (χ0v) is 10.4. The quantitative estimate of drug-likeness (QED) is 0.785. The first-order chi connectivity index (χ1) is 8.17. The van der Waals surface area contributed by atoms with Crippen LogP contribution in [0, 0.1) is 0 Å². The van der Waals surface area contributed by atoms with Crippen molar-refractivity contribution in [1.29, 1.82) is 0 Å². The maximum absolute atomic E-state index is 11.6. The van der Waals surface area contributed by atoms with Gasteiger partial charge in [0.25, 0.3) is 5.91 Å². The van der Waals surface area contributed by atoms with Crippen molar-refractivity contribution in [2.45, 2.75) is 32.9 Å². The Morgan fingerprint density at radius 2 is 2.29 bits per heavy atom. The van der Waals surface area contributed by atoms with E-state index in [1.807, 2.05) is 31.2 Å². The standard InChI is InChI=1S/C13H20N2O2/c1-3-7-15-13(16)10(2)17-12-6-4-5-11(8-12)9-14/h4-6,8,10H,3,7,9,14H2,1-2H3,(H,15,16). The molecule has 0 aliphatic heterocycles. The lowest BCUT2D eigenvalue weighted by atomic mass is 10.2. The monoisotopic (exact) mass is 236 g/mol. The van der Waals surface area contributed by atoms with Gasteiger partial charge >= 0.3 is 0 Å². The molecule has 1 atom stereocenters. The van der Waals surface area contributed by atoms with E-state index in [4.69, 9.17) is 10.5 Å². The van der Waals surface area contributed by atoms with Crippen LogP contribution in [0.4, 0.5) is 0 Å². The van der Waals surface area contributed by atoms with Crippen LogP contribution in [0.25, 0.3) is 0 Å². The van der Waals surface area contributed by atoms with E-state index in [-0.39, 0.29) is 5.91 Å². The molecule has 17 heavy (non-hydrogen) atoms. The smallest absolute Gasteiger partial charge is 0.260 e. The lowest BCUT2D eigenvalue weighted by molar-refractivity contribution is -0.127. The summed E-state index contributed by atoms with van der Waals surface area (Å²) >= 11 is 0. The lowest BCUT2D eigenvalue weighted by Crippen LogP contribution is -2.36. The maximum atomic E-state index is 11.6. The van der Waals surface area contributed by atoms with E-state index in [9.17, 15) is 4.79 Å². The normalized spacial score (nSPS) is 11.9. The second kappa shape index (κ2) is 6.91. The van der Waals surface area contributed by atoms with E-state index in [1.165, 1.54) is 0 Å². The average Bonchev–Trinajstić information content (AvgIpc) is 2.36. The van der Waals surface area contributed by atoms with Gasteiger partial charge in [-0.1, -0.05) is 19.1 Å². The second-order valence-electron chi connectivity index (χ2n) is 3.90. The molecular weight excluding hydrogens is 216 g/mol. The molecule has 1 aromatic rings. The minimum absolute atomic E-state index is 0.0926. The van der Waals surface area contributed by atoms with Crippen LogP contribution in [0.3, 0.4) is 0 Å². The Kier molecular flexibility index (Phi) is 5.49. The number of rotatable bonds is 6. The largest absolute Gasteiger partial charge is 0.481 e. The number of amides is 1. The van der Waals surface area contributed by atoms with Crippen LogP contribution < -0.4 is 15.8 Å². The van der Waals surface area contributed by atoms with Gasteiger partial charge in [0.15, 0.2) is 6.10 Å². The molecule has 0 saturated carbocycles. The van der Waals surface area contributed by atoms with Crippen LogP contribution in [-0.4, -0.2) is 18.6 Å². The van der Waals surface area contributed by atoms with Crippen molar-refractivity contribution in [3.8, 4) is 5.75 Å². The summed E-state index contributed by atoms with van der Waals surface area (Å²) in [5, 5.41) is 2.79. The highest BCUT2D eigenvalue weighted by molar-refractivity contribution is 5.80. The van der Waals surface area contributed by atoms with Gasteiger partial charge in [0.1, 0.15) is 5.75 Å². The van der Waals surface area contributed by atoms with E-state index in [0.717, 1.165) is 12.0 Å². The minimum Gasteiger partial charge on any atom is -0.481 e. The van der Waals surface area contributed by atoms with Crippen molar-refractivity contribution in [2.24, 2.45) is 5.73 Å². The van der Waals surface area contributed by atoms with E-state index in [2.05, 4.69) is 5.32 Å². The number of hydrogen-bond donors (Lipinski definition) is 2. The summed E-state index contributed by atoms with van der Waals surface area (Å²) in [5.74, 6) is 0.581. The molecule has 94 valence electrons. The Morgan fingerprint density at radius 3 is 2.94 bits per heavy atom. The first-order valence-corrected chi connectivity index (χ1v) is 5.90. The molecular formula is C13H20N2O2. The number of benzene rings is 1. The second-order valence-corrected chi connectivity index (χ2v) is 3.90. The molecule has 0 radical (unpaired) electrons. The predicted molar refractivity (Wildman–Crippen MR) is 67.7 cm³/mol. The van der Waals surface area contributed by atoms with Gasteiger partial charge in [0.2, 0.25) is 0 Å². The van der Waals surface area contributed by atoms with Crippen molar-refractivity contribution in [1.82, 2.24) is 5.32 Å². The summed E-state index contributed by atoms with van der Waals surface area (Å²) in [6.07, 6.45) is 0.427. The van der Waals surface area contributed by atoms with Crippen molar-refractivity contribution in [3.63, 3.8) is 0 Å². The summed E-state index contributed by atoms with van der Waals surface area (Å²) in [6, 6.07) is 7.47. The molecule has 4 heteroatoms. The molecule has 0 heterocycles. The summed E-state index contributed by atoms with van der Waals surface area (Å²) in [7, 11) is 0. The minimum atomic E-state index is -0.491. The molecule has 0 fully saturated rings. The van der Waals surface area contributed by atoms with Gasteiger partial charge in [0.05, 0.1) is 0 Å². The topological polar surface area (TPSA) is 64.3 Å². The highest BCUT2D eigenvalue weighted by Gasteiger charge is 2.13. The molecule has 0 aromatic heterocycles. The molecule has 0 spiro atoms. The Balaban J connectivity index is 2.54. The third-order valence-electron chi connectivity index (χ3n) is 2.37. The fraction of sp³-hybridized carbons (Fsp3) is 0.462. The Bertz CT molecular complexity index is 366. The first kappa shape index (κ1) is 13.5. The molecule has 1 unspecified atom stereocenters. The van der Waals surface area contributed by atoms with Gasteiger partial charge < -0.3 is 15.8 Å². The maximum Gasteiger partial charge on any atom is 0.260 e. The Labute approximate surface area is 102 Å². The fourth-order valence-electron chi connectivity index (χ4n) is 1.40. The first-order valence-electron chi connectivity index (χ1n) is 5.90. The number of ether oxygens (including phenoxy) is 1. The van der Waals surface area contributed by atoms with Crippen molar-refractivity contribution >= 4 is 5.91 Å².